The van der Waals surface area contributed by atoms with E-state index >= 15 is 0 Å². The molecule has 0 atom stereocenters. The third-order valence-electron chi connectivity index (χ3n) is 5.91. The minimum Gasteiger partial charge on any atom is -0.339 e. The SMILES string of the molecule is Cc1nc(Cn2ccnc2C2CCN(C(=O)c3ccccc3-n3cccc3)CC2)cs1. The molecule has 5 rings (SSSR count). The smallest absolute Gasteiger partial charge is 0.255 e. The molecule has 0 bridgehead atoms. The Morgan fingerprint density at radius 1 is 1.10 bits per heavy atom. The van der Waals surface area contributed by atoms with Gasteiger partial charge in [0.15, 0.2) is 0 Å². The summed E-state index contributed by atoms with van der Waals surface area (Å²) in [6.07, 6.45) is 9.70. The van der Waals surface area contributed by atoms with E-state index in [-0.39, 0.29) is 5.91 Å². The molecule has 4 aromatic rings. The van der Waals surface area contributed by atoms with Crippen molar-refractivity contribution < 1.29 is 4.79 Å². The molecule has 0 unspecified atom stereocenters. The second-order valence-electron chi connectivity index (χ2n) is 7.95. The molecule has 1 saturated heterocycles. The normalized spacial score (nSPS) is 14.8. The van der Waals surface area contributed by atoms with Gasteiger partial charge in [0.2, 0.25) is 0 Å². The predicted molar refractivity (Wildman–Crippen MR) is 122 cm³/mol. The van der Waals surface area contributed by atoms with Gasteiger partial charge >= 0.3 is 0 Å². The van der Waals surface area contributed by atoms with Gasteiger partial charge in [-0.15, -0.1) is 11.3 Å². The number of benzene rings is 1. The molecule has 6 nitrogen and oxygen atoms in total. The summed E-state index contributed by atoms with van der Waals surface area (Å²) in [5, 5.41) is 3.20. The summed E-state index contributed by atoms with van der Waals surface area (Å²) < 4.78 is 4.20. The van der Waals surface area contributed by atoms with Crippen LogP contribution in [0.5, 0.6) is 0 Å². The Morgan fingerprint density at radius 2 is 1.87 bits per heavy atom. The summed E-state index contributed by atoms with van der Waals surface area (Å²) in [6.45, 7) is 4.27. The van der Waals surface area contributed by atoms with Gasteiger partial charge in [-0.25, -0.2) is 9.97 Å². The minimum absolute atomic E-state index is 0.101. The average Bonchev–Trinajstić information content (AvgIpc) is 3.56. The zero-order valence-corrected chi connectivity index (χ0v) is 18.3. The number of piperidine rings is 1. The lowest BCUT2D eigenvalue weighted by molar-refractivity contribution is 0.0710. The fraction of sp³-hybridized carbons (Fsp3) is 0.292. The highest BCUT2D eigenvalue weighted by Gasteiger charge is 2.28. The first kappa shape index (κ1) is 19.8. The lowest BCUT2D eigenvalue weighted by atomic mass is 9.95. The Morgan fingerprint density at radius 3 is 2.61 bits per heavy atom. The molecule has 31 heavy (non-hydrogen) atoms. The number of rotatable bonds is 5. The molecule has 0 aliphatic carbocycles. The van der Waals surface area contributed by atoms with Crippen LogP contribution in [0.4, 0.5) is 0 Å². The molecule has 1 aromatic carbocycles. The number of amides is 1. The summed E-state index contributed by atoms with van der Waals surface area (Å²) in [5.41, 5.74) is 2.75. The highest BCUT2D eigenvalue weighted by molar-refractivity contribution is 7.09. The molecule has 1 aliphatic heterocycles. The average molecular weight is 432 g/mol. The standard InChI is InChI=1S/C24H25N5OS/c1-18-26-20(17-31-18)16-29-15-10-25-23(29)19-8-13-28(14-9-19)24(30)21-6-2-3-7-22(21)27-11-4-5-12-27/h2-7,10-12,15,17,19H,8-9,13-14,16H2,1H3. The third-order valence-corrected chi connectivity index (χ3v) is 6.73. The molecule has 3 aromatic heterocycles. The summed E-state index contributed by atoms with van der Waals surface area (Å²) in [7, 11) is 0. The van der Waals surface area contributed by atoms with Crippen LogP contribution in [-0.2, 0) is 6.54 Å². The van der Waals surface area contributed by atoms with Crippen molar-refractivity contribution >= 4 is 17.2 Å². The minimum atomic E-state index is 0.101. The lowest BCUT2D eigenvalue weighted by Gasteiger charge is -2.32. The van der Waals surface area contributed by atoms with Crippen molar-refractivity contribution in [3.63, 3.8) is 0 Å². The fourth-order valence-electron chi connectivity index (χ4n) is 4.36. The van der Waals surface area contributed by atoms with Crippen LogP contribution in [0.1, 0.15) is 45.6 Å². The maximum Gasteiger partial charge on any atom is 0.255 e. The molecule has 0 radical (unpaired) electrons. The van der Waals surface area contributed by atoms with Crippen LogP contribution in [0.2, 0.25) is 0 Å². The summed E-state index contributed by atoms with van der Waals surface area (Å²) >= 11 is 1.68. The monoisotopic (exact) mass is 431 g/mol. The lowest BCUT2D eigenvalue weighted by Crippen LogP contribution is -2.38. The molecule has 0 saturated carbocycles. The first-order chi connectivity index (χ1) is 15.2. The van der Waals surface area contributed by atoms with E-state index in [4.69, 9.17) is 0 Å². The first-order valence-corrected chi connectivity index (χ1v) is 11.5. The van der Waals surface area contributed by atoms with E-state index in [2.05, 4.69) is 19.9 Å². The van der Waals surface area contributed by atoms with Crippen LogP contribution in [-0.4, -0.2) is 43.0 Å². The van der Waals surface area contributed by atoms with Crippen LogP contribution in [0, 0.1) is 6.92 Å². The third kappa shape index (κ3) is 4.05. The summed E-state index contributed by atoms with van der Waals surface area (Å²) in [6, 6.07) is 11.8. The van der Waals surface area contributed by atoms with E-state index in [1.54, 1.807) is 11.3 Å². The molecule has 158 valence electrons. The van der Waals surface area contributed by atoms with Crippen molar-refractivity contribution in [3.05, 3.63) is 88.7 Å². The number of hydrogen-bond acceptors (Lipinski definition) is 4. The number of imidazole rings is 1. The largest absolute Gasteiger partial charge is 0.339 e. The van der Waals surface area contributed by atoms with Gasteiger partial charge in [-0.2, -0.15) is 0 Å². The zero-order chi connectivity index (χ0) is 21.2. The zero-order valence-electron chi connectivity index (χ0n) is 17.5. The number of likely N-dealkylation sites (tertiary alicyclic amines) is 1. The Bertz CT molecular complexity index is 1170. The van der Waals surface area contributed by atoms with Gasteiger partial charge in [0, 0.05) is 49.2 Å². The van der Waals surface area contributed by atoms with Crippen molar-refractivity contribution in [2.24, 2.45) is 0 Å². The number of thiazole rings is 1. The molecule has 4 heterocycles. The van der Waals surface area contributed by atoms with Gasteiger partial charge in [0.25, 0.3) is 5.91 Å². The van der Waals surface area contributed by atoms with E-state index in [0.29, 0.717) is 5.92 Å². The number of hydrogen-bond donors (Lipinski definition) is 0. The Labute approximate surface area is 185 Å². The van der Waals surface area contributed by atoms with E-state index in [0.717, 1.165) is 60.3 Å². The molecule has 1 aliphatic rings. The van der Waals surface area contributed by atoms with Crippen LogP contribution < -0.4 is 0 Å². The number of carbonyl (C=O) groups excluding carboxylic acids is 1. The predicted octanol–water partition coefficient (Wildman–Crippen LogP) is 4.51. The van der Waals surface area contributed by atoms with Gasteiger partial charge in [-0.3, -0.25) is 4.79 Å². The van der Waals surface area contributed by atoms with Crippen LogP contribution in [0.25, 0.3) is 5.69 Å². The molecule has 0 spiro atoms. The van der Waals surface area contributed by atoms with Gasteiger partial charge in [-0.05, 0) is 44.0 Å². The van der Waals surface area contributed by atoms with Crippen molar-refractivity contribution in [3.8, 4) is 5.69 Å². The van der Waals surface area contributed by atoms with Gasteiger partial charge in [0.1, 0.15) is 5.82 Å². The van der Waals surface area contributed by atoms with Crippen molar-refractivity contribution in [1.82, 2.24) is 24.0 Å². The Kier molecular flexibility index (Phi) is 5.42. The quantitative estimate of drug-likeness (QED) is 0.467. The molecule has 7 heteroatoms. The molecule has 1 amide bonds. The van der Waals surface area contributed by atoms with Gasteiger partial charge < -0.3 is 14.0 Å². The fourth-order valence-corrected chi connectivity index (χ4v) is 4.96. The second kappa shape index (κ2) is 8.51. The molecular formula is C24H25N5OS. The second-order valence-corrected chi connectivity index (χ2v) is 9.01. The molecular weight excluding hydrogens is 406 g/mol. The number of aryl methyl sites for hydroxylation is 1. The van der Waals surface area contributed by atoms with E-state index in [9.17, 15) is 4.79 Å². The first-order valence-electron chi connectivity index (χ1n) is 10.6. The Hall–Kier alpha value is -3.19. The van der Waals surface area contributed by atoms with E-state index in [1.165, 1.54) is 0 Å². The number of aromatic nitrogens is 4. The Balaban J connectivity index is 1.28. The van der Waals surface area contributed by atoms with Crippen LogP contribution in [0.3, 0.4) is 0 Å². The number of carbonyl (C=O) groups is 1. The highest BCUT2D eigenvalue weighted by Crippen LogP contribution is 2.29. The summed E-state index contributed by atoms with van der Waals surface area (Å²) in [4.78, 5) is 24.5. The maximum atomic E-state index is 13.3. The maximum absolute atomic E-state index is 13.3. The number of para-hydroxylation sites is 1. The van der Waals surface area contributed by atoms with Gasteiger partial charge in [-0.1, -0.05) is 12.1 Å². The molecule has 0 N–H and O–H groups in total. The summed E-state index contributed by atoms with van der Waals surface area (Å²) in [5.74, 6) is 1.56. The topological polar surface area (TPSA) is 56.0 Å². The van der Waals surface area contributed by atoms with Gasteiger partial charge in [0.05, 0.1) is 28.5 Å². The van der Waals surface area contributed by atoms with E-state index < -0.39 is 0 Å². The highest BCUT2D eigenvalue weighted by atomic mass is 32.1. The van der Waals surface area contributed by atoms with Crippen molar-refractivity contribution in [2.45, 2.75) is 32.2 Å². The van der Waals surface area contributed by atoms with Crippen LogP contribution in [0.15, 0.2) is 66.6 Å². The van der Waals surface area contributed by atoms with E-state index in [1.807, 2.05) is 77.6 Å². The van der Waals surface area contributed by atoms with Crippen molar-refractivity contribution in [2.75, 3.05) is 13.1 Å². The number of nitrogens with zero attached hydrogens (tertiary/aromatic N) is 5. The van der Waals surface area contributed by atoms with Crippen LogP contribution >= 0.6 is 11.3 Å². The van der Waals surface area contributed by atoms with Crippen molar-refractivity contribution in [1.29, 1.82) is 0 Å². The molecule has 1 fully saturated rings.